The highest BCUT2D eigenvalue weighted by molar-refractivity contribution is 5.82. The number of carbonyl (C=O) groups is 1. The Balaban J connectivity index is 4.95. The Kier molecular flexibility index (Phi) is 6.46. The van der Waals surface area contributed by atoms with Crippen molar-refractivity contribution >= 4 is 5.97 Å². The van der Waals surface area contributed by atoms with Crippen molar-refractivity contribution in [2.75, 3.05) is 13.2 Å². The molecule has 0 fully saturated rings. The zero-order valence-corrected chi connectivity index (χ0v) is 10.0. The van der Waals surface area contributed by atoms with Gasteiger partial charge in [-0.1, -0.05) is 0 Å². The molecule has 0 aliphatic carbocycles. The fraction of sp³-hybridized carbons (Fsp3) is 0.545. The van der Waals surface area contributed by atoms with Gasteiger partial charge in [-0.05, 0) is 26.0 Å². The fourth-order valence-electron chi connectivity index (χ4n) is 0.878. The van der Waals surface area contributed by atoms with E-state index in [9.17, 15) is 23.1 Å². The van der Waals surface area contributed by atoms with E-state index < -0.39 is 17.7 Å². The van der Waals surface area contributed by atoms with Crippen LogP contribution in [0.25, 0.3) is 0 Å². The summed E-state index contributed by atoms with van der Waals surface area (Å²) in [7, 11) is 0. The standard InChI is InChI=1S/C11H15F3O4/c1-3-17-8-7-10(16,11(12,13)14)6-5-9(15)18-4-2/h5-8,16H,3-4H2,1-2H3/b6-5-,8-7-. The molecule has 0 spiro atoms. The lowest BCUT2D eigenvalue weighted by molar-refractivity contribution is -0.221. The minimum Gasteiger partial charge on any atom is -0.502 e. The zero-order valence-electron chi connectivity index (χ0n) is 10.0. The van der Waals surface area contributed by atoms with E-state index in [-0.39, 0.29) is 13.2 Å². The molecule has 0 saturated carbocycles. The van der Waals surface area contributed by atoms with Gasteiger partial charge in [0.25, 0.3) is 0 Å². The number of alkyl halides is 3. The van der Waals surface area contributed by atoms with Gasteiger partial charge in [-0.15, -0.1) is 0 Å². The fourth-order valence-corrected chi connectivity index (χ4v) is 0.878. The highest BCUT2D eigenvalue weighted by atomic mass is 19.4. The molecule has 1 atom stereocenters. The molecule has 0 bridgehead atoms. The normalized spacial score (nSPS) is 15.9. The molecule has 1 N–H and O–H groups in total. The molecule has 104 valence electrons. The number of ether oxygens (including phenoxy) is 2. The van der Waals surface area contributed by atoms with Crippen LogP contribution in [-0.2, 0) is 14.3 Å². The Morgan fingerprint density at radius 1 is 1.22 bits per heavy atom. The van der Waals surface area contributed by atoms with Crippen molar-refractivity contribution in [2.24, 2.45) is 0 Å². The SMILES string of the molecule is CCO/C=C\C(O)(/C=C\C(=O)OCC)C(F)(F)F. The number of carbonyl (C=O) groups excluding carboxylic acids is 1. The second-order valence-corrected chi connectivity index (χ2v) is 3.17. The molecule has 0 rings (SSSR count). The van der Waals surface area contributed by atoms with Crippen molar-refractivity contribution in [3.05, 3.63) is 24.5 Å². The molecule has 0 aromatic rings. The Labute approximate surface area is 103 Å². The lowest BCUT2D eigenvalue weighted by atomic mass is 10.0. The van der Waals surface area contributed by atoms with Gasteiger partial charge in [0.05, 0.1) is 19.5 Å². The van der Waals surface area contributed by atoms with E-state index in [4.69, 9.17) is 0 Å². The Morgan fingerprint density at radius 2 is 1.83 bits per heavy atom. The first kappa shape index (κ1) is 16.5. The van der Waals surface area contributed by atoms with E-state index in [2.05, 4.69) is 9.47 Å². The molecule has 0 aromatic carbocycles. The number of hydrogen-bond acceptors (Lipinski definition) is 4. The van der Waals surface area contributed by atoms with Crippen LogP contribution in [0.4, 0.5) is 13.2 Å². The lowest BCUT2D eigenvalue weighted by Crippen LogP contribution is -2.41. The van der Waals surface area contributed by atoms with E-state index in [1.54, 1.807) is 6.92 Å². The van der Waals surface area contributed by atoms with Gasteiger partial charge in [0.1, 0.15) is 0 Å². The van der Waals surface area contributed by atoms with Gasteiger partial charge < -0.3 is 14.6 Å². The summed E-state index contributed by atoms with van der Waals surface area (Å²) in [5.41, 5.74) is -3.27. The van der Waals surface area contributed by atoms with Crippen LogP contribution in [-0.4, -0.2) is 36.1 Å². The van der Waals surface area contributed by atoms with Crippen molar-refractivity contribution in [3.63, 3.8) is 0 Å². The number of aliphatic hydroxyl groups is 1. The van der Waals surface area contributed by atoms with Crippen molar-refractivity contribution in [1.82, 2.24) is 0 Å². The molecule has 0 saturated heterocycles. The molecule has 4 nitrogen and oxygen atoms in total. The van der Waals surface area contributed by atoms with Crippen LogP contribution in [0.2, 0.25) is 0 Å². The van der Waals surface area contributed by atoms with Gasteiger partial charge in [-0.2, -0.15) is 13.2 Å². The van der Waals surface area contributed by atoms with Crippen LogP contribution < -0.4 is 0 Å². The number of esters is 1. The Morgan fingerprint density at radius 3 is 2.28 bits per heavy atom. The predicted octanol–water partition coefficient (Wildman–Crippen LogP) is 1.95. The summed E-state index contributed by atoms with van der Waals surface area (Å²) in [5, 5.41) is 9.41. The van der Waals surface area contributed by atoms with Crippen LogP contribution in [0.15, 0.2) is 24.5 Å². The van der Waals surface area contributed by atoms with Gasteiger partial charge >= 0.3 is 12.1 Å². The molecule has 0 radical (unpaired) electrons. The average Bonchev–Trinajstić information content (AvgIpc) is 2.26. The Bertz CT molecular complexity index is 323. The second-order valence-electron chi connectivity index (χ2n) is 3.17. The topological polar surface area (TPSA) is 55.8 Å². The van der Waals surface area contributed by atoms with E-state index in [1.165, 1.54) is 6.92 Å². The first-order valence-corrected chi connectivity index (χ1v) is 5.21. The van der Waals surface area contributed by atoms with Gasteiger partial charge in [0.15, 0.2) is 0 Å². The van der Waals surface area contributed by atoms with Crippen molar-refractivity contribution in [2.45, 2.75) is 25.6 Å². The smallest absolute Gasteiger partial charge is 0.424 e. The number of hydrogen-bond donors (Lipinski definition) is 1. The van der Waals surface area contributed by atoms with Gasteiger partial charge in [-0.3, -0.25) is 0 Å². The summed E-state index contributed by atoms with van der Waals surface area (Å²) in [4.78, 5) is 10.9. The van der Waals surface area contributed by atoms with E-state index in [0.29, 0.717) is 18.2 Å². The molecular formula is C11H15F3O4. The van der Waals surface area contributed by atoms with Crippen molar-refractivity contribution < 1.29 is 32.5 Å². The summed E-state index contributed by atoms with van der Waals surface area (Å²) in [6, 6.07) is 0. The summed E-state index contributed by atoms with van der Waals surface area (Å²) in [5.74, 6) is -0.968. The monoisotopic (exact) mass is 268 g/mol. The molecule has 0 aromatic heterocycles. The maximum absolute atomic E-state index is 12.6. The third-order valence-electron chi connectivity index (χ3n) is 1.80. The van der Waals surface area contributed by atoms with Crippen LogP contribution in [0.1, 0.15) is 13.8 Å². The number of rotatable bonds is 6. The second kappa shape index (κ2) is 7.05. The lowest BCUT2D eigenvalue weighted by Gasteiger charge is -2.23. The van der Waals surface area contributed by atoms with Gasteiger partial charge in [0, 0.05) is 6.08 Å². The maximum atomic E-state index is 12.6. The Hall–Kier alpha value is -1.50. The van der Waals surface area contributed by atoms with E-state index in [0.717, 1.165) is 6.26 Å². The maximum Gasteiger partial charge on any atom is 0.424 e. The molecule has 0 amide bonds. The van der Waals surface area contributed by atoms with Gasteiger partial charge in [-0.25, -0.2) is 4.79 Å². The summed E-state index contributed by atoms with van der Waals surface area (Å²) in [6.07, 6.45) is -3.01. The zero-order chi connectivity index (χ0) is 14.2. The quantitative estimate of drug-likeness (QED) is 0.454. The third kappa shape index (κ3) is 5.22. The van der Waals surface area contributed by atoms with Crippen molar-refractivity contribution in [3.8, 4) is 0 Å². The molecule has 7 heteroatoms. The highest BCUT2D eigenvalue weighted by Gasteiger charge is 2.50. The van der Waals surface area contributed by atoms with E-state index >= 15 is 0 Å². The highest BCUT2D eigenvalue weighted by Crippen LogP contribution is 2.32. The predicted molar refractivity (Wildman–Crippen MR) is 57.5 cm³/mol. The first-order chi connectivity index (χ1) is 8.27. The largest absolute Gasteiger partial charge is 0.502 e. The van der Waals surface area contributed by atoms with Crippen LogP contribution in [0.5, 0.6) is 0 Å². The molecule has 1 unspecified atom stereocenters. The summed E-state index contributed by atoms with van der Waals surface area (Å²) >= 11 is 0. The molecule has 0 aliphatic heterocycles. The van der Waals surface area contributed by atoms with E-state index in [1.807, 2.05) is 0 Å². The number of halogens is 3. The van der Waals surface area contributed by atoms with Crippen LogP contribution >= 0.6 is 0 Å². The molecule has 18 heavy (non-hydrogen) atoms. The third-order valence-corrected chi connectivity index (χ3v) is 1.80. The summed E-state index contributed by atoms with van der Waals surface area (Å²) in [6.45, 7) is 3.27. The molecular weight excluding hydrogens is 253 g/mol. The minimum atomic E-state index is -4.97. The molecule has 0 aliphatic rings. The average molecular weight is 268 g/mol. The van der Waals surface area contributed by atoms with Gasteiger partial charge in [0.2, 0.25) is 5.60 Å². The molecule has 0 heterocycles. The van der Waals surface area contributed by atoms with Crippen molar-refractivity contribution in [1.29, 1.82) is 0 Å². The summed E-state index contributed by atoms with van der Waals surface area (Å²) < 4.78 is 46.8. The first-order valence-electron chi connectivity index (χ1n) is 5.21. The van der Waals surface area contributed by atoms with Crippen LogP contribution in [0, 0.1) is 0 Å². The van der Waals surface area contributed by atoms with Crippen LogP contribution in [0.3, 0.4) is 0 Å². The minimum absolute atomic E-state index is 0.0302.